The van der Waals surface area contributed by atoms with Crippen LogP contribution in [-0.2, 0) is 0 Å². The number of aliphatic hydroxyl groups excluding tert-OH is 1. The van der Waals surface area contributed by atoms with E-state index in [1.54, 1.807) is 0 Å². The molecule has 6 heteroatoms. The van der Waals surface area contributed by atoms with Gasteiger partial charge in [0, 0.05) is 26.2 Å². The van der Waals surface area contributed by atoms with Crippen molar-refractivity contribution >= 4 is 6.09 Å². The molecule has 0 bridgehead atoms. The first-order chi connectivity index (χ1) is 8.70. The molecule has 104 valence electrons. The van der Waals surface area contributed by atoms with Crippen molar-refractivity contribution in [3.8, 4) is 0 Å². The fourth-order valence-electron chi connectivity index (χ4n) is 2.88. The summed E-state index contributed by atoms with van der Waals surface area (Å²) in [5.74, 6) is 0.677. The van der Waals surface area contributed by atoms with Crippen LogP contribution in [0.2, 0.25) is 0 Å². The van der Waals surface area contributed by atoms with Crippen LogP contribution in [0.5, 0.6) is 0 Å². The van der Waals surface area contributed by atoms with Gasteiger partial charge in [-0.2, -0.15) is 0 Å². The third-order valence-electron chi connectivity index (χ3n) is 4.04. The molecule has 0 aliphatic carbocycles. The number of nitrogens with zero attached hydrogens (tertiary/aromatic N) is 2. The lowest BCUT2D eigenvalue weighted by molar-refractivity contribution is 0.0297. The second-order valence-corrected chi connectivity index (χ2v) is 5.25. The zero-order chi connectivity index (χ0) is 13.0. The number of hydrogen-bond acceptors (Lipinski definition) is 4. The summed E-state index contributed by atoms with van der Waals surface area (Å²) in [7, 11) is 0. The van der Waals surface area contributed by atoms with Crippen LogP contribution in [0.3, 0.4) is 0 Å². The van der Waals surface area contributed by atoms with Crippen molar-refractivity contribution in [2.24, 2.45) is 5.92 Å². The summed E-state index contributed by atoms with van der Waals surface area (Å²) in [6.07, 6.45) is 1.48. The standard InChI is InChI=1S/C12H23N3O3/c16-9-11-8-15(12(17)18)6-5-14(11)7-10-1-3-13-4-2-10/h10-11,13,16H,1-9H2,(H,17,18). The van der Waals surface area contributed by atoms with Crippen LogP contribution >= 0.6 is 0 Å². The highest BCUT2D eigenvalue weighted by atomic mass is 16.4. The Morgan fingerprint density at radius 3 is 2.61 bits per heavy atom. The topological polar surface area (TPSA) is 76.0 Å². The lowest BCUT2D eigenvalue weighted by Crippen LogP contribution is -2.57. The van der Waals surface area contributed by atoms with Crippen LogP contribution in [-0.4, -0.2) is 78.0 Å². The van der Waals surface area contributed by atoms with Crippen LogP contribution in [0.25, 0.3) is 0 Å². The molecule has 0 aromatic carbocycles. The first-order valence-electron chi connectivity index (χ1n) is 6.74. The van der Waals surface area contributed by atoms with Gasteiger partial charge in [-0.1, -0.05) is 0 Å². The van der Waals surface area contributed by atoms with Gasteiger partial charge in [-0.05, 0) is 31.8 Å². The predicted molar refractivity (Wildman–Crippen MR) is 67.6 cm³/mol. The lowest BCUT2D eigenvalue weighted by Gasteiger charge is -2.41. The van der Waals surface area contributed by atoms with Crippen LogP contribution in [0.15, 0.2) is 0 Å². The zero-order valence-corrected chi connectivity index (χ0v) is 10.7. The molecule has 0 spiro atoms. The summed E-state index contributed by atoms with van der Waals surface area (Å²) >= 11 is 0. The van der Waals surface area contributed by atoms with E-state index in [2.05, 4.69) is 10.2 Å². The molecule has 2 saturated heterocycles. The number of carboxylic acid groups (broad SMARTS) is 1. The maximum Gasteiger partial charge on any atom is 0.407 e. The van der Waals surface area contributed by atoms with Gasteiger partial charge in [-0.25, -0.2) is 4.79 Å². The monoisotopic (exact) mass is 257 g/mol. The molecular formula is C12H23N3O3. The third-order valence-corrected chi connectivity index (χ3v) is 4.04. The molecule has 0 aromatic heterocycles. The first-order valence-corrected chi connectivity index (χ1v) is 6.74. The Morgan fingerprint density at radius 2 is 2.00 bits per heavy atom. The summed E-state index contributed by atoms with van der Waals surface area (Å²) in [5.41, 5.74) is 0. The minimum absolute atomic E-state index is 0.0365. The number of amides is 1. The van der Waals surface area contributed by atoms with Gasteiger partial charge in [0.15, 0.2) is 0 Å². The lowest BCUT2D eigenvalue weighted by atomic mass is 9.96. The molecule has 2 rings (SSSR count). The van der Waals surface area contributed by atoms with E-state index >= 15 is 0 Å². The summed E-state index contributed by atoms with van der Waals surface area (Å²) in [4.78, 5) is 14.6. The van der Waals surface area contributed by atoms with E-state index in [1.165, 1.54) is 17.7 Å². The molecular weight excluding hydrogens is 234 g/mol. The zero-order valence-electron chi connectivity index (χ0n) is 10.7. The van der Waals surface area contributed by atoms with Crippen LogP contribution < -0.4 is 5.32 Å². The Bertz CT molecular complexity index is 282. The predicted octanol–water partition coefficient (Wildman–Crippen LogP) is -0.357. The van der Waals surface area contributed by atoms with Crippen molar-refractivity contribution in [2.75, 3.05) is 45.9 Å². The van der Waals surface area contributed by atoms with Crippen molar-refractivity contribution in [3.63, 3.8) is 0 Å². The Balaban J connectivity index is 1.86. The summed E-state index contributed by atoms with van der Waals surface area (Å²) in [6, 6.07) is -0.0373. The maximum absolute atomic E-state index is 10.9. The van der Waals surface area contributed by atoms with Gasteiger partial charge in [0.2, 0.25) is 0 Å². The van der Waals surface area contributed by atoms with Crippen molar-refractivity contribution in [3.05, 3.63) is 0 Å². The minimum Gasteiger partial charge on any atom is -0.465 e. The highest BCUT2D eigenvalue weighted by Gasteiger charge is 2.30. The minimum atomic E-state index is -0.880. The van der Waals surface area contributed by atoms with Gasteiger partial charge in [-0.3, -0.25) is 4.90 Å². The third kappa shape index (κ3) is 3.34. The van der Waals surface area contributed by atoms with Gasteiger partial charge in [0.25, 0.3) is 0 Å². The molecule has 3 N–H and O–H groups in total. The highest BCUT2D eigenvalue weighted by Crippen LogP contribution is 2.17. The molecule has 18 heavy (non-hydrogen) atoms. The quantitative estimate of drug-likeness (QED) is 0.644. The fraction of sp³-hybridized carbons (Fsp3) is 0.917. The Morgan fingerprint density at radius 1 is 1.28 bits per heavy atom. The van der Waals surface area contributed by atoms with E-state index < -0.39 is 6.09 Å². The molecule has 1 amide bonds. The molecule has 2 heterocycles. The van der Waals surface area contributed by atoms with Crippen LogP contribution in [0, 0.1) is 5.92 Å². The molecule has 0 radical (unpaired) electrons. The number of rotatable bonds is 3. The van der Waals surface area contributed by atoms with Gasteiger partial charge in [0.1, 0.15) is 0 Å². The van der Waals surface area contributed by atoms with Crippen molar-refractivity contribution in [2.45, 2.75) is 18.9 Å². The second-order valence-electron chi connectivity index (χ2n) is 5.25. The normalized spacial score (nSPS) is 27.4. The summed E-state index contributed by atoms with van der Waals surface area (Å²) in [5, 5.41) is 21.7. The fourth-order valence-corrected chi connectivity index (χ4v) is 2.88. The van der Waals surface area contributed by atoms with E-state index in [0.717, 1.165) is 26.2 Å². The largest absolute Gasteiger partial charge is 0.465 e. The Kier molecular flexibility index (Phi) is 4.79. The summed E-state index contributed by atoms with van der Waals surface area (Å²) < 4.78 is 0. The molecule has 1 unspecified atom stereocenters. The van der Waals surface area contributed by atoms with E-state index in [4.69, 9.17) is 5.11 Å². The maximum atomic E-state index is 10.9. The van der Waals surface area contributed by atoms with Gasteiger partial charge in [-0.15, -0.1) is 0 Å². The van der Waals surface area contributed by atoms with E-state index in [0.29, 0.717) is 19.0 Å². The molecule has 2 fully saturated rings. The number of piperidine rings is 1. The Labute approximate surface area is 108 Å². The average molecular weight is 257 g/mol. The van der Waals surface area contributed by atoms with E-state index in [9.17, 15) is 9.90 Å². The van der Waals surface area contributed by atoms with Gasteiger partial charge >= 0.3 is 6.09 Å². The van der Waals surface area contributed by atoms with Crippen LogP contribution in [0.4, 0.5) is 4.79 Å². The smallest absolute Gasteiger partial charge is 0.407 e. The molecule has 6 nitrogen and oxygen atoms in total. The van der Waals surface area contributed by atoms with E-state index in [-0.39, 0.29) is 12.6 Å². The first kappa shape index (κ1) is 13.6. The molecule has 0 saturated carbocycles. The molecule has 0 aromatic rings. The number of piperazine rings is 1. The van der Waals surface area contributed by atoms with Crippen molar-refractivity contribution in [1.29, 1.82) is 0 Å². The number of carbonyl (C=O) groups is 1. The second kappa shape index (κ2) is 6.36. The van der Waals surface area contributed by atoms with Gasteiger partial charge in [0.05, 0.1) is 12.6 Å². The highest BCUT2D eigenvalue weighted by molar-refractivity contribution is 5.65. The molecule has 1 atom stereocenters. The summed E-state index contributed by atoms with van der Waals surface area (Å²) in [6.45, 7) is 4.89. The van der Waals surface area contributed by atoms with Crippen molar-refractivity contribution < 1.29 is 15.0 Å². The number of hydrogen-bond donors (Lipinski definition) is 3. The van der Waals surface area contributed by atoms with Gasteiger partial charge < -0.3 is 20.4 Å². The average Bonchev–Trinajstić information content (AvgIpc) is 2.40. The van der Waals surface area contributed by atoms with E-state index in [1.807, 2.05) is 0 Å². The van der Waals surface area contributed by atoms with Crippen molar-refractivity contribution in [1.82, 2.24) is 15.1 Å². The Hall–Kier alpha value is -0.850. The SMILES string of the molecule is O=C(O)N1CCN(CC2CCNCC2)C(CO)C1. The van der Waals surface area contributed by atoms with Crippen LogP contribution in [0.1, 0.15) is 12.8 Å². The number of nitrogens with one attached hydrogen (secondary N) is 1. The molecule has 2 aliphatic heterocycles. The molecule has 2 aliphatic rings. The number of aliphatic hydroxyl groups is 1.